The first-order valence-electron chi connectivity index (χ1n) is 6.17. The van der Waals surface area contributed by atoms with Crippen LogP contribution in [-0.4, -0.2) is 35.6 Å². The number of thiocarbonyl (C=S) groups is 1. The number of amides is 2. The summed E-state index contributed by atoms with van der Waals surface area (Å²) in [5.74, 6) is 0.253. The van der Waals surface area contributed by atoms with Crippen LogP contribution >= 0.6 is 35.6 Å². The second-order valence-electron chi connectivity index (χ2n) is 4.32. The molecule has 1 fully saturated rings. The first-order valence-corrected chi connectivity index (χ1v) is 7.84. The molecular weight excluding hydrogens is 348 g/mol. The molecule has 2 rings (SSSR count). The molecule has 1 atom stereocenters. The zero-order valence-electron chi connectivity index (χ0n) is 11.8. The molecule has 0 bridgehead atoms. The van der Waals surface area contributed by atoms with Crippen molar-refractivity contribution in [2.24, 2.45) is 0 Å². The maximum atomic E-state index is 12.1. The number of hydrogen-bond donors (Lipinski definition) is 2. The van der Waals surface area contributed by atoms with Crippen molar-refractivity contribution in [2.45, 2.75) is 11.7 Å². The number of rotatable bonds is 5. The largest absolute Gasteiger partial charge is 0.495 e. The van der Waals surface area contributed by atoms with Crippen LogP contribution in [0.3, 0.4) is 0 Å². The van der Waals surface area contributed by atoms with Gasteiger partial charge < -0.3 is 20.1 Å². The summed E-state index contributed by atoms with van der Waals surface area (Å²) in [6.07, 6.45) is 0.00342. The van der Waals surface area contributed by atoms with E-state index in [2.05, 4.69) is 10.6 Å². The maximum absolute atomic E-state index is 12.1. The summed E-state index contributed by atoms with van der Waals surface area (Å²) in [6, 6.07) is 3.10. The lowest BCUT2D eigenvalue weighted by Crippen LogP contribution is -2.27. The molecule has 22 heavy (non-hydrogen) atoms. The van der Waals surface area contributed by atoms with Crippen LogP contribution in [0.15, 0.2) is 12.1 Å². The Morgan fingerprint density at radius 3 is 2.64 bits per heavy atom. The summed E-state index contributed by atoms with van der Waals surface area (Å²) in [5, 5.41) is 4.99. The first kappa shape index (κ1) is 16.9. The number of methoxy groups -OCH3 is 2. The van der Waals surface area contributed by atoms with Gasteiger partial charge in [0.15, 0.2) is 0 Å². The summed E-state index contributed by atoms with van der Waals surface area (Å²) in [4.78, 5) is 23.6. The van der Waals surface area contributed by atoms with Gasteiger partial charge in [-0.25, -0.2) is 0 Å². The molecule has 0 radical (unpaired) electrons. The number of benzene rings is 1. The quantitative estimate of drug-likeness (QED) is 0.784. The Morgan fingerprint density at radius 2 is 2.09 bits per heavy atom. The Balaban J connectivity index is 2.09. The molecule has 9 heteroatoms. The highest BCUT2D eigenvalue weighted by atomic mass is 35.5. The van der Waals surface area contributed by atoms with Crippen molar-refractivity contribution < 1.29 is 19.1 Å². The number of halogens is 1. The molecule has 0 spiro atoms. The molecule has 0 unspecified atom stereocenters. The number of hydrogen-bond acceptors (Lipinski definition) is 6. The summed E-state index contributed by atoms with van der Waals surface area (Å²) >= 11 is 12.1. The van der Waals surface area contributed by atoms with Crippen LogP contribution in [-0.2, 0) is 9.59 Å². The number of nitrogens with one attached hydrogen (secondary N) is 2. The van der Waals surface area contributed by atoms with Crippen molar-refractivity contribution in [3.63, 3.8) is 0 Å². The molecule has 1 saturated heterocycles. The third kappa shape index (κ3) is 3.82. The van der Waals surface area contributed by atoms with Crippen LogP contribution < -0.4 is 20.1 Å². The smallest absolute Gasteiger partial charge is 0.239 e. The van der Waals surface area contributed by atoms with E-state index in [0.29, 0.717) is 26.5 Å². The van der Waals surface area contributed by atoms with Gasteiger partial charge in [-0.2, -0.15) is 0 Å². The van der Waals surface area contributed by atoms with E-state index in [1.54, 1.807) is 6.07 Å². The average molecular weight is 361 g/mol. The van der Waals surface area contributed by atoms with Gasteiger partial charge >= 0.3 is 0 Å². The van der Waals surface area contributed by atoms with Gasteiger partial charge in [-0.05, 0) is 6.07 Å². The van der Waals surface area contributed by atoms with Crippen molar-refractivity contribution in [3.05, 3.63) is 17.2 Å². The van der Waals surface area contributed by atoms with Crippen molar-refractivity contribution in [1.29, 1.82) is 0 Å². The van der Waals surface area contributed by atoms with Crippen LogP contribution in [0.1, 0.15) is 6.42 Å². The zero-order chi connectivity index (χ0) is 16.3. The number of anilines is 1. The predicted molar refractivity (Wildman–Crippen MR) is 89.9 cm³/mol. The Labute approximate surface area is 141 Å². The van der Waals surface area contributed by atoms with Gasteiger partial charge in [0.25, 0.3) is 0 Å². The molecule has 2 amide bonds. The van der Waals surface area contributed by atoms with Crippen LogP contribution in [0.4, 0.5) is 5.69 Å². The third-order valence-corrected chi connectivity index (χ3v) is 4.55. The van der Waals surface area contributed by atoms with E-state index in [1.165, 1.54) is 20.3 Å². The molecule has 0 aliphatic carbocycles. The van der Waals surface area contributed by atoms with Gasteiger partial charge in [0.2, 0.25) is 11.8 Å². The summed E-state index contributed by atoms with van der Waals surface area (Å²) < 4.78 is 10.7. The van der Waals surface area contributed by atoms with E-state index in [9.17, 15) is 9.59 Å². The number of carbonyl (C=O) groups is 2. The van der Waals surface area contributed by atoms with Crippen molar-refractivity contribution in [3.8, 4) is 11.5 Å². The molecule has 1 aromatic rings. The Kier molecular flexibility index (Phi) is 5.49. The van der Waals surface area contributed by atoms with Gasteiger partial charge in [-0.15, -0.1) is 0 Å². The molecule has 1 heterocycles. The van der Waals surface area contributed by atoms with E-state index in [4.69, 9.17) is 33.3 Å². The molecule has 1 aliphatic heterocycles. The van der Waals surface area contributed by atoms with Crippen LogP contribution in [0.5, 0.6) is 11.5 Å². The zero-order valence-corrected chi connectivity index (χ0v) is 14.2. The van der Waals surface area contributed by atoms with E-state index in [0.717, 1.165) is 11.8 Å². The monoisotopic (exact) mass is 360 g/mol. The topological polar surface area (TPSA) is 76.7 Å². The molecule has 6 nitrogen and oxygen atoms in total. The Bertz CT molecular complexity index is 639. The second kappa shape index (κ2) is 7.17. The number of carbonyl (C=O) groups excluding carboxylic acids is 2. The minimum Gasteiger partial charge on any atom is -0.495 e. The lowest BCUT2D eigenvalue weighted by atomic mass is 10.2. The van der Waals surface area contributed by atoms with Crippen molar-refractivity contribution >= 4 is 57.4 Å². The standard InChI is InChI=1S/C13H13ClN2O4S2/c1-19-8-4-9(20-2)7(3-6(8)14)15-11(17)5-10-12(18)16-13(21)22-10/h3-4,10H,5H2,1-2H3,(H,15,17)(H,16,18,21)/t10-/m0/s1. The lowest BCUT2D eigenvalue weighted by Gasteiger charge is -2.13. The third-order valence-electron chi connectivity index (χ3n) is 2.89. The second-order valence-corrected chi connectivity index (χ2v) is 6.61. The summed E-state index contributed by atoms with van der Waals surface area (Å²) in [7, 11) is 2.95. The predicted octanol–water partition coefficient (Wildman–Crippen LogP) is 2.20. The fourth-order valence-corrected chi connectivity index (χ4v) is 3.36. The minimum atomic E-state index is -0.521. The van der Waals surface area contributed by atoms with Crippen LogP contribution in [0.2, 0.25) is 5.02 Å². The van der Waals surface area contributed by atoms with E-state index in [-0.39, 0.29) is 18.2 Å². The molecule has 2 N–H and O–H groups in total. The highest BCUT2D eigenvalue weighted by Gasteiger charge is 2.31. The fourth-order valence-electron chi connectivity index (χ4n) is 1.85. The highest BCUT2D eigenvalue weighted by Crippen LogP contribution is 2.36. The molecular formula is C13H13ClN2O4S2. The van der Waals surface area contributed by atoms with Crippen molar-refractivity contribution in [2.75, 3.05) is 19.5 Å². The minimum absolute atomic E-state index is 0.00342. The SMILES string of the molecule is COc1cc(OC)c(NC(=O)C[C@@H]2SC(=S)NC2=O)cc1Cl. The molecule has 118 valence electrons. The molecule has 0 aromatic heterocycles. The normalized spacial score (nSPS) is 17.1. The Hall–Kier alpha value is -1.51. The van der Waals surface area contributed by atoms with E-state index in [1.807, 2.05) is 0 Å². The number of thioether (sulfide) groups is 1. The maximum Gasteiger partial charge on any atom is 0.239 e. The first-order chi connectivity index (χ1) is 10.4. The van der Waals surface area contributed by atoms with Crippen LogP contribution in [0, 0.1) is 0 Å². The molecule has 1 aromatic carbocycles. The molecule has 0 saturated carbocycles. The van der Waals surface area contributed by atoms with Gasteiger partial charge in [-0.1, -0.05) is 35.6 Å². The summed E-state index contributed by atoms with van der Waals surface area (Å²) in [6.45, 7) is 0. The number of ether oxygens (including phenoxy) is 2. The van der Waals surface area contributed by atoms with Crippen molar-refractivity contribution in [1.82, 2.24) is 5.32 Å². The lowest BCUT2D eigenvalue weighted by molar-refractivity contribution is -0.122. The Morgan fingerprint density at radius 1 is 1.41 bits per heavy atom. The van der Waals surface area contributed by atoms with Gasteiger partial charge in [0.05, 0.1) is 30.2 Å². The van der Waals surface area contributed by atoms with Gasteiger partial charge in [0.1, 0.15) is 15.8 Å². The van der Waals surface area contributed by atoms with E-state index < -0.39 is 5.25 Å². The highest BCUT2D eigenvalue weighted by molar-refractivity contribution is 8.24. The van der Waals surface area contributed by atoms with Gasteiger partial charge in [-0.3, -0.25) is 9.59 Å². The van der Waals surface area contributed by atoms with Crippen LogP contribution in [0.25, 0.3) is 0 Å². The summed E-state index contributed by atoms with van der Waals surface area (Å²) in [5.41, 5.74) is 0.407. The fraction of sp³-hybridized carbons (Fsp3) is 0.308. The van der Waals surface area contributed by atoms with E-state index >= 15 is 0 Å². The molecule has 1 aliphatic rings. The average Bonchev–Trinajstić information content (AvgIpc) is 2.77. The van der Waals surface area contributed by atoms with Gasteiger partial charge in [0, 0.05) is 12.5 Å².